The number of hydrogen-bond donors (Lipinski definition) is 1. The summed E-state index contributed by atoms with van der Waals surface area (Å²) in [5, 5.41) is 0. The van der Waals surface area contributed by atoms with Crippen molar-refractivity contribution in [1.29, 1.82) is 0 Å². The maximum atomic E-state index is 11.1. The van der Waals surface area contributed by atoms with Crippen LogP contribution in [0.5, 0.6) is 0 Å². The lowest BCUT2D eigenvalue weighted by atomic mass is 10.4. The van der Waals surface area contributed by atoms with Crippen LogP contribution in [-0.2, 0) is 17.8 Å². The molecule has 0 unspecified atom stereocenters. The summed E-state index contributed by atoms with van der Waals surface area (Å²) in [6.07, 6.45) is -0.125. The molecule has 0 bridgehead atoms. The molecular formula is C11H26O5Si3. The smallest absolute Gasteiger partial charge is 0.486 e. The van der Waals surface area contributed by atoms with Crippen molar-refractivity contribution in [3.63, 3.8) is 0 Å². The highest BCUT2D eigenvalue weighted by Crippen LogP contribution is 2.19. The number of Topliss-reactive ketones (excluding diaryl/α,β-unsaturated/α-hetero) is 1. The van der Waals surface area contributed by atoms with Crippen LogP contribution in [0.4, 0.5) is 0 Å². The molecule has 0 atom stereocenters. The Morgan fingerprint density at radius 2 is 1.42 bits per heavy atom. The van der Waals surface area contributed by atoms with E-state index in [0.29, 0.717) is 0 Å². The first-order chi connectivity index (χ1) is 8.24. The Kier molecular flexibility index (Phi) is 6.37. The molecule has 0 fully saturated rings. The first-order valence-corrected chi connectivity index (χ1v) is 15.0. The minimum atomic E-state index is -3.44. The third-order valence-corrected chi connectivity index (χ3v) is 9.71. The first-order valence-electron chi connectivity index (χ1n) is 6.19. The highest BCUT2D eigenvalue weighted by atomic mass is 28.5. The average molecular weight is 323 g/mol. The van der Waals surface area contributed by atoms with Crippen LogP contribution < -0.4 is 0 Å². The lowest BCUT2D eigenvalue weighted by molar-refractivity contribution is -0.116. The van der Waals surface area contributed by atoms with Crippen LogP contribution >= 0.6 is 0 Å². The molecule has 19 heavy (non-hydrogen) atoms. The average Bonchev–Trinajstić information content (AvgIpc) is 2.07. The zero-order valence-electron chi connectivity index (χ0n) is 13.0. The summed E-state index contributed by atoms with van der Waals surface area (Å²) in [5.41, 5.74) is 0. The molecule has 112 valence electrons. The van der Waals surface area contributed by atoms with E-state index in [1.54, 1.807) is 0 Å². The fourth-order valence-corrected chi connectivity index (χ4v) is 10.3. The molecule has 0 saturated carbocycles. The zero-order chi connectivity index (χ0) is 15.5. The van der Waals surface area contributed by atoms with Crippen molar-refractivity contribution in [2.45, 2.75) is 46.2 Å². The molecule has 0 radical (unpaired) electrons. The molecule has 0 aliphatic rings. The number of rotatable bonds is 8. The van der Waals surface area contributed by atoms with Gasteiger partial charge < -0.3 is 17.8 Å². The minimum Gasteiger partial charge on any atom is -0.486 e. The molecule has 0 heterocycles. The van der Waals surface area contributed by atoms with Crippen LogP contribution in [0.3, 0.4) is 0 Å². The van der Waals surface area contributed by atoms with E-state index in [1.165, 1.54) is 6.92 Å². The van der Waals surface area contributed by atoms with E-state index in [-0.39, 0.29) is 17.8 Å². The summed E-state index contributed by atoms with van der Waals surface area (Å²) < 4.78 is 16.8. The molecule has 0 saturated heterocycles. The number of hydrogen-bond acceptors (Lipinski definition) is 5. The number of ether oxygens (including phenoxy) is 1. The van der Waals surface area contributed by atoms with Gasteiger partial charge in [-0.1, -0.05) is 6.58 Å². The third kappa shape index (κ3) is 9.30. The van der Waals surface area contributed by atoms with E-state index in [4.69, 9.17) is 13.0 Å². The maximum absolute atomic E-state index is 11.1. The predicted octanol–water partition coefficient (Wildman–Crippen LogP) is 2.28. The third-order valence-electron chi connectivity index (χ3n) is 1.75. The largest absolute Gasteiger partial charge is 0.517 e. The van der Waals surface area contributed by atoms with E-state index in [1.807, 2.05) is 39.3 Å². The highest BCUT2D eigenvalue weighted by molar-refractivity contribution is 6.85. The van der Waals surface area contributed by atoms with Gasteiger partial charge in [-0.25, -0.2) is 0 Å². The lowest BCUT2D eigenvalue weighted by Crippen LogP contribution is -2.58. The monoisotopic (exact) mass is 322 g/mol. The molecule has 1 N–H and O–H groups in total. The quantitative estimate of drug-likeness (QED) is 0.422. The number of carbonyl (C=O) groups excluding carboxylic acids is 1. The molecule has 8 heteroatoms. The molecule has 5 nitrogen and oxygen atoms in total. The van der Waals surface area contributed by atoms with E-state index >= 15 is 0 Å². The molecule has 0 aliphatic carbocycles. The lowest BCUT2D eigenvalue weighted by Gasteiger charge is -2.35. The summed E-state index contributed by atoms with van der Waals surface area (Å²) in [5.74, 6) is -0.248. The van der Waals surface area contributed by atoms with E-state index in [0.717, 1.165) is 0 Å². The fourth-order valence-electron chi connectivity index (χ4n) is 1.32. The zero-order valence-corrected chi connectivity index (χ0v) is 16.0. The molecule has 0 aliphatic heterocycles. The van der Waals surface area contributed by atoms with Crippen LogP contribution in [0.2, 0.25) is 39.3 Å². The van der Waals surface area contributed by atoms with Gasteiger partial charge in [0.25, 0.3) is 0 Å². The normalized spacial score (nSPS) is 13.3. The Hall–Kier alpha value is -0.259. The van der Waals surface area contributed by atoms with Crippen LogP contribution in [0, 0.1) is 0 Å². The van der Waals surface area contributed by atoms with Gasteiger partial charge in [0.15, 0.2) is 34.4 Å². The number of allylic oxidation sites excluding steroid dienone is 1. The second kappa shape index (κ2) is 6.46. The molecular weight excluding hydrogens is 296 g/mol. The van der Waals surface area contributed by atoms with Gasteiger partial charge in [-0.05, 0) is 39.3 Å². The van der Waals surface area contributed by atoms with Crippen molar-refractivity contribution in [2.75, 3.05) is 6.23 Å². The van der Waals surface area contributed by atoms with Crippen LogP contribution in [0.25, 0.3) is 0 Å². The number of ketones is 1. The van der Waals surface area contributed by atoms with Gasteiger partial charge in [0.2, 0.25) is 0 Å². The second-order valence-electron chi connectivity index (χ2n) is 6.41. The van der Waals surface area contributed by atoms with Gasteiger partial charge in [-0.2, -0.15) is 0 Å². The Morgan fingerprint density at radius 3 is 1.68 bits per heavy atom. The number of carbonyl (C=O) groups is 1. The maximum Gasteiger partial charge on any atom is 0.517 e. The standard InChI is InChI=1S/C11H26O5Si3/c1-10(12)11(2)14-9-19(13,15-17(3,4)5)16-18(6,7)8/h13H,2,9H2,1,3-8H3. The van der Waals surface area contributed by atoms with Gasteiger partial charge in [-0.15, -0.1) is 0 Å². The van der Waals surface area contributed by atoms with Crippen molar-refractivity contribution in [3.05, 3.63) is 12.3 Å². The van der Waals surface area contributed by atoms with Gasteiger partial charge >= 0.3 is 8.80 Å². The fraction of sp³-hybridized carbons (Fsp3) is 0.727. The Morgan fingerprint density at radius 1 is 1.05 bits per heavy atom. The SMILES string of the molecule is C=C(OC[Si](O)(O[Si](C)(C)C)O[Si](C)(C)C)C(C)=O. The predicted molar refractivity (Wildman–Crippen MR) is 82.6 cm³/mol. The van der Waals surface area contributed by atoms with Crippen LogP contribution in [0.15, 0.2) is 12.3 Å². The Balaban J connectivity index is 4.86. The van der Waals surface area contributed by atoms with Crippen molar-refractivity contribution < 1.29 is 22.6 Å². The molecule has 0 aromatic rings. The van der Waals surface area contributed by atoms with E-state index < -0.39 is 25.4 Å². The van der Waals surface area contributed by atoms with Crippen molar-refractivity contribution in [2.24, 2.45) is 0 Å². The van der Waals surface area contributed by atoms with Gasteiger partial charge in [0.05, 0.1) is 0 Å². The van der Waals surface area contributed by atoms with Gasteiger partial charge in [0.1, 0.15) is 0 Å². The summed E-state index contributed by atoms with van der Waals surface area (Å²) in [6, 6.07) is 0. The van der Waals surface area contributed by atoms with E-state index in [9.17, 15) is 9.59 Å². The Labute approximate surface area is 119 Å². The van der Waals surface area contributed by atoms with Gasteiger partial charge in [-0.3, -0.25) is 4.79 Å². The van der Waals surface area contributed by atoms with Gasteiger partial charge in [0, 0.05) is 6.92 Å². The van der Waals surface area contributed by atoms with Crippen molar-refractivity contribution >= 4 is 31.2 Å². The first kappa shape index (κ1) is 18.7. The molecule has 0 spiro atoms. The molecule has 0 rings (SSSR count). The highest BCUT2D eigenvalue weighted by Gasteiger charge is 2.46. The van der Waals surface area contributed by atoms with E-state index in [2.05, 4.69) is 6.58 Å². The second-order valence-corrected chi connectivity index (χ2v) is 18.2. The van der Waals surface area contributed by atoms with Crippen molar-refractivity contribution in [3.8, 4) is 0 Å². The molecule has 0 amide bonds. The summed E-state index contributed by atoms with van der Waals surface area (Å²) in [4.78, 5) is 21.7. The summed E-state index contributed by atoms with van der Waals surface area (Å²) in [7, 11) is -7.40. The van der Waals surface area contributed by atoms with Crippen LogP contribution in [-0.4, -0.2) is 42.2 Å². The molecule has 0 aromatic carbocycles. The Bertz CT molecular complexity index is 327. The molecule has 0 aromatic heterocycles. The topological polar surface area (TPSA) is 65.0 Å². The summed E-state index contributed by atoms with van der Waals surface area (Å²) >= 11 is 0. The summed E-state index contributed by atoms with van der Waals surface area (Å²) in [6.45, 7) is 16.7. The van der Waals surface area contributed by atoms with Crippen molar-refractivity contribution in [1.82, 2.24) is 0 Å². The minimum absolute atomic E-state index is 0.0178. The van der Waals surface area contributed by atoms with Crippen LogP contribution in [0.1, 0.15) is 6.92 Å².